The van der Waals surface area contributed by atoms with Crippen molar-refractivity contribution in [1.29, 1.82) is 0 Å². The van der Waals surface area contributed by atoms with Crippen LogP contribution >= 0.6 is 0 Å². The van der Waals surface area contributed by atoms with Crippen molar-refractivity contribution in [2.45, 2.75) is 0 Å². The van der Waals surface area contributed by atoms with E-state index in [0.717, 1.165) is 0 Å². The predicted molar refractivity (Wildman–Crippen MR) is 66.4 cm³/mol. The number of amides is 1. The average molecular weight is 257 g/mol. The van der Waals surface area contributed by atoms with Gasteiger partial charge in [-0.05, 0) is 24.3 Å². The van der Waals surface area contributed by atoms with Crippen LogP contribution in [0.15, 0.2) is 41.2 Å². The number of nitrogens with one attached hydrogen (secondary N) is 1. The summed E-state index contributed by atoms with van der Waals surface area (Å²) in [5.74, 6) is 0.0849. The standard InChI is InChI=1S/C14H11NO4/c16-13(10-3-5-18-8-10)9-1-2-12-11(7-9)14(17)15-4-6-19-12/h1-3,5,7-8H,4,6H2,(H,15,17). The molecule has 0 unspecified atom stereocenters. The first-order valence-corrected chi connectivity index (χ1v) is 5.87. The van der Waals surface area contributed by atoms with Crippen molar-refractivity contribution in [2.75, 3.05) is 13.2 Å². The maximum absolute atomic E-state index is 12.2. The van der Waals surface area contributed by atoms with Crippen molar-refractivity contribution >= 4 is 11.7 Å². The number of hydrogen-bond acceptors (Lipinski definition) is 4. The zero-order chi connectivity index (χ0) is 13.2. The lowest BCUT2D eigenvalue weighted by atomic mass is 10.0. The normalized spacial score (nSPS) is 14.0. The van der Waals surface area contributed by atoms with Crippen LogP contribution in [0, 0.1) is 0 Å². The first-order valence-electron chi connectivity index (χ1n) is 5.87. The fourth-order valence-corrected chi connectivity index (χ4v) is 1.96. The van der Waals surface area contributed by atoms with Gasteiger partial charge in [-0.1, -0.05) is 0 Å². The molecule has 0 spiro atoms. The van der Waals surface area contributed by atoms with Gasteiger partial charge in [0.15, 0.2) is 5.78 Å². The molecule has 1 aliphatic rings. The minimum atomic E-state index is -0.227. The van der Waals surface area contributed by atoms with E-state index in [1.54, 1.807) is 24.3 Å². The summed E-state index contributed by atoms with van der Waals surface area (Å²) in [6.45, 7) is 0.881. The number of furan rings is 1. The molecule has 0 saturated carbocycles. The molecule has 2 heterocycles. The highest BCUT2D eigenvalue weighted by molar-refractivity contribution is 6.10. The number of hydrogen-bond donors (Lipinski definition) is 1. The van der Waals surface area contributed by atoms with Gasteiger partial charge in [0.05, 0.1) is 23.9 Å². The molecule has 1 N–H and O–H groups in total. The van der Waals surface area contributed by atoms with Crippen LogP contribution in [0.25, 0.3) is 0 Å². The Morgan fingerprint density at radius 2 is 2.11 bits per heavy atom. The summed E-state index contributed by atoms with van der Waals surface area (Å²) < 4.78 is 10.3. The summed E-state index contributed by atoms with van der Waals surface area (Å²) in [4.78, 5) is 24.0. The van der Waals surface area contributed by atoms with E-state index in [1.165, 1.54) is 12.5 Å². The third kappa shape index (κ3) is 2.10. The van der Waals surface area contributed by atoms with E-state index in [9.17, 15) is 9.59 Å². The van der Waals surface area contributed by atoms with Crippen molar-refractivity contribution in [2.24, 2.45) is 0 Å². The largest absolute Gasteiger partial charge is 0.491 e. The second kappa shape index (κ2) is 4.61. The molecule has 19 heavy (non-hydrogen) atoms. The third-order valence-electron chi connectivity index (χ3n) is 2.91. The number of benzene rings is 1. The SMILES string of the molecule is O=C(c1ccoc1)c1ccc2c(c1)C(=O)NCCO2. The molecule has 1 aliphatic heterocycles. The van der Waals surface area contributed by atoms with E-state index < -0.39 is 0 Å². The number of ether oxygens (including phenoxy) is 1. The van der Waals surface area contributed by atoms with Gasteiger partial charge in [-0.2, -0.15) is 0 Å². The molecule has 5 heteroatoms. The number of ketones is 1. The molecular weight excluding hydrogens is 246 g/mol. The molecule has 0 bridgehead atoms. The monoisotopic (exact) mass is 257 g/mol. The second-order valence-corrected chi connectivity index (χ2v) is 4.16. The Morgan fingerprint density at radius 3 is 2.89 bits per heavy atom. The van der Waals surface area contributed by atoms with Gasteiger partial charge in [0.25, 0.3) is 5.91 Å². The Bertz CT molecular complexity index is 631. The molecule has 96 valence electrons. The van der Waals surface area contributed by atoms with Crippen LogP contribution in [0.5, 0.6) is 5.75 Å². The van der Waals surface area contributed by atoms with Crippen molar-refractivity contribution in [3.8, 4) is 5.75 Å². The Balaban J connectivity index is 2.01. The van der Waals surface area contributed by atoms with Gasteiger partial charge in [0, 0.05) is 5.56 Å². The summed E-state index contributed by atoms with van der Waals surface area (Å²) in [7, 11) is 0. The number of rotatable bonds is 2. The van der Waals surface area contributed by atoms with Crippen molar-refractivity contribution in [1.82, 2.24) is 5.32 Å². The van der Waals surface area contributed by atoms with Crippen molar-refractivity contribution < 1.29 is 18.7 Å². The Hall–Kier alpha value is -2.56. The zero-order valence-corrected chi connectivity index (χ0v) is 10.0. The van der Waals surface area contributed by atoms with Gasteiger partial charge < -0.3 is 14.5 Å². The maximum atomic E-state index is 12.2. The van der Waals surface area contributed by atoms with E-state index in [4.69, 9.17) is 9.15 Å². The highest BCUT2D eigenvalue weighted by Crippen LogP contribution is 2.23. The van der Waals surface area contributed by atoms with Gasteiger partial charge in [-0.15, -0.1) is 0 Å². The van der Waals surface area contributed by atoms with E-state index in [0.29, 0.717) is 35.6 Å². The van der Waals surface area contributed by atoms with E-state index in [-0.39, 0.29) is 11.7 Å². The number of carbonyl (C=O) groups is 2. The lowest BCUT2D eigenvalue weighted by Gasteiger charge is -2.06. The highest BCUT2D eigenvalue weighted by Gasteiger charge is 2.19. The molecule has 0 fully saturated rings. The molecule has 3 rings (SSSR count). The molecule has 1 amide bonds. The Morgan fingerprint density at radius 1 is 1.21 bits per heavy atom. The third-order valence-corrected chi connectivity index (χ3v) is 2.91. The fraction of sp³-hybridized carbons (Fsp3) is 0.143. The van der Waals surface area contributed by atoms with Gasteiger partial charge >= 0.3 is 0 Å². The lowest BCUT2D eigenvalue weighted by molar-refractivity contribution is 0.0957. The first kappa shape index (κ1) is 11.5. The molecular formula is C14H11NO4. The molecule has 5 nitrogen and oxygen atoms in total. The predicted octanol–water partition coefficient (Wildman–Crippen LogP) is 1.63. The summed E-state index contributed by atoms with van der Waals surface area (Å²) in [5, 5.41) is 2.71. The van der Waals surface area contributed by atoms with Gasteiger partial charge in [-0.25, -0.2) is 0 Å². The molecule has 0 atom stereocenters. The first-order chi connectivity index (χ1) is 9.25. The van der Waals surface area contributed by atoms with Crippen LogP contribution in [-0.2, 0) is 0 Å². The van der Waals surface area contributed by atoms with Crippen molar-refractivity contribution in [3.05, 3.63) is 53.5 Å². The topological polar surface area (TPSA) is 68.5 Å². The Labute approximate surface area is 109 Å². The van der Waals surface area contributed by atoms with E-state index in [1.807, 2.05) is 0 Å². The van der Waals surface area contributed by atoms with E-state index in [2.05, 4.69) is 5.32 Å². The maximum Gasteiger partial charge on any atom is 0.255 e. The minimum absolute atomic E-state index is 0.186. The van der Waals surface area contributed by atoms with Gasteiger partial charge in [0.2, 0.25) is 0 Å². The zero-order valence-electron chi connectivity index (χ0n) is 10.0. The van der Waals surface area contributed by atoms with Crippen LogP contribution in [0.1, 0.15) is 26.3 Å². The van der Waals surface area contributed by atoms with Crippen LogP contribution in [-0.4, -0.2) is 24.8 Å². The second-order valence-electron chi connectivity index (χ2n) is 4.16. The molecule has 0 aliphatic carbocycles. The summed E-state index contributed by atoms with van der Waals surface area (Å²) in [6.07, 6.45) is 2.82. The fourth-order valence-electron chi connectivity index (χ4n) is 1.96. The lowest BCUT2D eigenvalue weighted by Crippen LogP contribution is -2.24. The summed E-state index contributed by atoms with van der Waals surface area (Å²) in [5.41, 5.74) is 1.27. The Kier molecular flexibility index (Phi) is 2.79. The number of carbonyl (C=O) groups excluding carboxylic acids is 2. The van der Waals surface area contributed by atoms with Gasteiger partial charge in [0.1, 0.15) is 18.6 Å². The number of fused-ring (bicyclic) bond motifs is 1. The van der Waals surface area contributed by atoms with E-state index >= 15 is 0 Å². The molecule has 2 aromatic rings. The van der Waals surface area contributed by atoms with Crippen molar-refractivity contribution in [3.63, 3.8) is 0 Å². The molecule has 1 aromatic carbocycles. The molecule has 1 aromatic heterocycles. The smallest absolute Gasteiger partial charge is 0.255 e. The molecule has 0 saturated heterocycles. The van der Waals surface area contributed by atoms with Crippen LogP contribution < -0.4 is 10.1 Å². The summed E-state index contributed by atoms with van der Waals surface area (Å²) >= 11 is 0. The summed E-state index contributed by atoms with van der Waals surface area (Å²) in [6, 6.07) is 6.43. The highest BCUT2D eigenvalue weighted by atomic mass is 16.5. The van der Waals surface area contributed by atoms with Crippen LogP contribution in [0.4, 0.5) is 0 Å². The van der Waals surface area contributed by atoms with Crippen LogP contribution in [0.2, 0.25) is 0 Å². The van der Waals surface area contributed by atoms with Gasteiger partial charge in [-0.3, -0.25) is 9.59 Å². The molecule has 0 radical (unpaired) electrons. The minimum Gasteiger partial charge on any atom is -0.491 e. The quantitative estimate of drug-likeness (QED) is 0.830. The van der Waals surface area contributed by atoms with Crippen LogP contribution in [0.3, 0.4) is 0 Å². The average Bonchev–Trinajstić information content (AvgIpc) is 2.90.